The fourth-order valence-corrected chi connectivity index (χ4v) is 2.88. The smallest absolute Gasteiger partial charge is 0.0724 e. The monoisotopic (exact) mass is 333 g/mol. The summed E-state index contributed by atoms with van der Waals surface area (Å²) in [6.45, 7) is 2.01. The van der Waals surface area contributed by atoms with E-state index in [1.165, 1.54) is 0 Å². The summed E-state index contributed by atoms with van der Waals surface area (Å²) in [5.74, 6) is 0. The van der Waals surface area contributed by atoms with E-state index in [2.05, 4.69) is 5.32 Å². The van der Waals surface area contributed by atoms with Crippen LogP contribution in [0.3, 0.4) is 0 Å². The molecule has 1 unspecified atom stereocenters. The molecule has 19 heavy (non-hydrogen) atoms. The van der Waals surface area contributed by atoms with Crippen LogP contribution in [-0.2, 0) is 0 Å². The van der Waals surface area contributed by atoms with Crippen molar-refractivity contribution in [3.8, 4) is 0 Å². The predicted octanol–water partition coefficient (Wildman–Crippen LogP) is 6.47. The Bertz CT molecular complexity index is 575. The van der Waals surface area contributed by atoms with Crippen LogP contribution in [0.2, 0.25) is 20.1 Å². The average molecular weight is 335 g/mol. The molecule has 0 aliphatic heterocycles. The molecular weight excluding hydrogens is 324 g/mol. The van der Waals surface area contributed by atoms with Crippen LogP contribution < -0.4 is 5.32 Å². The summed E-state index contributed by atoms with van der Waals surface area (Å²) in [6, 6.07) is 11.0. The summed E-state index contributed by atoms with van der Waals surface area (Å²) in [5, 5.41) is 5.46. The molecule has 5 heteroatoms. The number of benzene rings is 2. The van der Waals surface area contributed by atoms with Crippen molar-refractivity contribution in [3.05, 3.63) is 62.1 Å². The predicted molar refractivity (Wildman–Crippen MR) is 85.0 cm³/mol. The Morgan fingerprint density at radius 1 is 0.895 bits per heavy atom. The first-order chi connectivity index (χ1) is 8.97. The van der Waals surface area contributed by atoms with Crippen LogP contribution in [0.1, 0.15) is 18.5 Å². The lowest BCUT2D eigenvalue weighted by Gasteiger charge is -2.18. The Morgan fingerprint density at radius 3 is 2.11 bits per heavy atom. The summed E-state index contributed by atoms with van der Waals surface area (Å²) in [7, 11) is 0. The molecule has 2 aromatic carbocycles. The SMILES string of the molecule is CC(Nc1c(Cl)cc(Cl)cc1Cl)c1cccc(Cl)c1. The highest BCUT2D eigenvalue weighted by Crippen LogP contribution is 2.36. The van der Waals surface area contributed by atoms with E-state index >= 15 is 0 Å². The maximum atomic E-state index is 6.14. The first-order valence-electron chi connectivity index (χ1n) is 5.64. The number of nitrogens with one attached hydrogen (secondary N) is 1. The van der Waals surface area contributed by atoms with Gasteiger partial charge in [0.15, 0.2) is 0 Å². The highest BCUT2D eigenvalue weighted by molar-refractivity contribution is 6.41. The van der Waals surface area contributed by atoms with Crippen LogP contribution in [0.15, 0.2) is 36.4 Å². The van der Waals surface area contributed by atoms with Gasteiger partial charge in [-0.2, -0.15) is 0 Å². The second-order valence-electron chi connectivity index (χ2n) is 4.17. The van der Waals surface area contributed by atoms with Gasteiger partial charge in [0.1, 0.15) is 0 Å². The van der Waals surface area contributed by atoms with Gasteiger partial charge in [0.05, 0.1) is 15.7 Å². The van der Waals surface area contributed by atoms with Crippen LogP contribution in [0, 0.1) is 0 Å². The maximum absolute atomic E-state index is 6.14. The second-order valence-corrected chi connectivity index (χ2v) is 5.85. The third-order valence-corrected chi connectivity index (χ3v) is 3.77. The second kappa shape index (κ2) is 6.23. The van der Waals surface area contributed by atoms with E-state index in [0.29, 0.717) is 25.8 Å². The summed E-state index contributed by atoms with van der Waals surface area (Å²) in [5.41, 5.74) is 1.72. The highest BCUT2D eigenvalue weighted by atomic mass is 35.5. The van der Waals surface area contributed by atoms with Crippen molar-refractivity contribution in [2.75, 3.05) is 5.32 Å². The zero-order valence-electron chi connectivity index (χ0n) is 10.1. The Morgan fingerprint density at radius 2 is 1.53 bits per heavy atom. The first-order valence-corrected chi connectivity index (χ1v) is 7.15. The standard InChI is InChI=1S/C14H11Cl4N/c1-8(9-3-2-4-10(15)5-9)19-14-12(17)6-11(16)7-13(14)18/h2-8,19H,1H3. The topological polar surface area (TPSA) is 12.0 Å². The normalized spacial score (nSPS) is 12.3. The molecule has 0 aromatic heterocycles. The van der Waals surface area contributed by atoms with E-state index in [-0.39, 0.29) is 6.04 Å². The zero-order valence-corrected chi connectivity index (χ0v) is 13.1. The number of rotatable bonds is 3. The Hall–Kier alpha value is -0.600. The molecule has 0 aliphatic rings. The summed E-state index contributed by atoms with van der Waals surface area (Å²) >= 11 is 24.1. The summed E-state index contributed by atoms with van der Waals surface area (Å²) in [6.07, 6.45) is 0. The van der Waals surface area contributed by atoms with Crippen molar-refractivity contribution in [1.82, 2.24) is 0 Å². The number of hydrogen-bond donors (Lipinski definition) is 1. The molecule has 0 fully saturated rings. The van der Waals surface area contributed by atoms with Crippen molar-refractivity contribution >= 4 is 52.1 Å². The van der Waals surface area contributed by atoms with Gasteiger partial charge < -0.3 is 5.32 Å². The maximum Gasteiger partial charge on any atom is 0.0724 e. The molecule has 0 bridgehead atoms. The molecule has 0 heterocycles. The molecule has 100 valence electrons. The van der Waals surface area contributed by atoms with E-state index < -0.39 is 0 Å². The molecule has 1 N–H and O–H groups in total. The molecule has 0 amide bonds. The fraction of sp³-hybridized carbons (Fsp3) is 0.143. The lowest BCUT2D eigenvalue weighted by atomic mass is 10.1. The van der Waals surface area contributed by atoms with E-state index in [9.17, 15) is 0 Å². The molecule has 2 aromatic rings. The average Bonchev–Trinajstić information content (AvgIpc) is 2.33. The number of anilines is 1. The molecule has 0 radical (unpaired) electrons. The molecular formula is C14H11Cl4N. The van der Waals surface area contributed by atoms with Crippen molar-refractivity contribution in [2.24, 2.45) is 0 Å². The van der Waals surface area contributed by atoms with Gasteiger partial charge in [-0.3, -0.25) is 0 Å². The van der Waals surface area contributed by atoms with Gasteiger partial charge in [-0.15, -0.1) is 0 Å². The third-order valence-electron chi connectivity index (χ3n) is 2.72. The Kier molecular flexibility index (Phi) is 4.86. The highest BCUT2D eigenvalue weighted by Gasteiger charge is 2.12. The van der Waals surface area contributed by atoms with Gasteiger partial charge in [-0.25, -0.2) is 0 Å². The molecule has 0 saturated heterocycles. The summed E-state index contributed by atoms with van der Waals surface area (Å²) in [4.78, 5) is 0. The number of hydrogen-bond acceptors (Lipinski definition) is 1. The third kappa shape index (κ3) is 3.70. The minimum atomic E-state index is 0.0230. The van der Waals surface area contributed by atoms with Crippen molar-refractivity contribution in [1.29, 1.82) is 0 Å². The van der Waals surface area contributed by atoms with E-state index in [4.69, 9.17) is 46.4 Å². The van der Waals surface area contributed by atoms with Gasteiger partial charge in [-0.05, 0) is 36.8 Å². The van der Waals surface area contributed by atoms with Gasteiger partial charge in [0, 0.05) is 16.1 Å². The van der Waals surface area contributed by atoms with Crippen molar-refractivity contribution in [3.63, 3.8) is 0 Å². The van der Waals surface area contributed by atoms with Crippen LogP contribution in [0.5, 0.6) is 0 Å². The van der Waals surface area contributed by atoms with E-state index in [1.54, 1.807) is 12.1 Å². The van der Waals surface area contributed by atoms with Crippen molar-refractivity contribution < 1.29 is 0 Å². The molecule has 1 nitrogen and oxygen atoms in total. The zero-order chi connectivity index (χ0) is 14.0. The fourth-order valence-electron chi connectivity index (χ4n) is 1.76. The lowest BCUT2D eigenvalue weighted by molar-refractivity contribution is 0.885. The number of halogens is 4. The molecule has 0 saturated carbocycles. The van der Waals surface area contributed by atoms with Gasteiger partial charge in [0.2, 0.25) is 0 Å². The van der Waals surface area contributed by atoms with Crippen LogP contribution >= 0.6 is 46.4 Å². The van der Waals surface area contributed by atoms with Gasteiger partial charge >= 0.3 is 0 Å². The molecule has 0 aliphatic carbocycles. The molecule has 1 atom stereocenters. The van der Waals surface area contributed by atoms with E-state index in [0.717, 1.165) is 5.56 Å². The van der Waals surface area contributed by atoms with Crippen LogP contribution in [0.4, 0.5) is 5.69 Å². The van der Waals surface area contributed by atoms with Crippen molar-refractivity contribution in [2.45, 2.75) is 13.0 Å². The first kappa shape index (κ1) is 14.8. The van der Waals surface area contributed by atoms with E-state index in [1.807, 2.05) is 31.2 Å². The minimum absolute atomic E-state index is 0.0230. The largest absolute Gasteiger partial charge is 0.376 e. The Balaban J connectivity index is 2.26. The van der Waals surface area contributed by atoms with Gasteiger partial charge in [-0.1, -0.05) is 58.5 Å². The molecule has 0 spiro atoms. The quantitative estimate of drug-likeness (QED) is 0.677. The molecule has 2 rings (SSSR count). The Labute approximate surface area is 132 Å². The van der Waals surface area contributed by atoms with Crippen LogP contribution in [-0.4, -0.2) is 0 Å². The van der Waals surface area contributed by atoms with Gasteiger partial charge in [0.25, 0.3) is 0 Å². The van der Waals surface area contributed by atoms with Crippen LogP contribution in [0.25, 0.3) is 0 Å². The minimum Gasteiger partial charge on any atom is -0.376 e. The summed E-state index contributed by atoms with van der Waals surface area (Å²) < 4.78 is 0. The lowest BCUT2D eigenvalue weighted by Crippen LogP contribution is -2.07.